The van der Waals surface area contributed by atoms with Gasteiger partial charge in [-0.15, -0.1) is 0 Å². The van der Waals surface area contributed by atoms with Crippen molar-refractivity contribution in [2.75, 3.05) is 25.0 Å². The van der Waals surface area contributed by atoms with Crippen LogP contribution in [0, 0.1) is 0 Å². The summed E-state index contributed by atoms with van der Waals surface area (Å²) in [6.07, 6.45) is 1.76. The van der Waals surface area contributed by atoms with Gasteiger partial charge in [0.05, 0.1) is 4.90 Å². The van der Waals surface area contributed by atoms with Gasteiger partial charge in [-0.25, -0.2) is 13.2 Å². The number of carbonyl (C=O) groups excluding carboxylic acids is 2. The Balaban J connectivity index is 1.99. The van der Waals surface area contributed by atoms with E-state index in [9.17, 15) is 18.0 Å². The number of hydrogen-bond acceptors (Lipinski definition) is 5. The van der Waals surface area contributed by atoms with E-state index in [1.54, 1.807) is 45.2 Å². The first-order valence-electron chi connectivity index (χ1n) is 10.0. The van der Waals surface area contributed by atoms with Crippen molar-refractivity contribution in [1.29, 1.82) is 0 Å². The maximum atomic E-state index is 12.5. The molecule has 0 aliphatic heterocycles. The summed E-state index contributed by atoms with van der Waals surface area (Å²) in [5.41, 5.74) is 1.33. The fourth-order valence-corrected chi connectivity index (χ4v) is 4.40. The first kappa shape index (κ1) is 24.3. The Bertz CT molecular complexity index is 1010. The van der Waals surface area contributed by atoms with Crippen LogP contribution in [0.3, 0.4) is 0 Å². The van der Waals surface area contributed by atoms with Gasteiger partial charge in [-0.1, -0.05) is 44.2 Å². The van der Waals surface area contributed by atoms with Crippen molar-refractivity contribution < 1.29 is 22.7 Å². The number of hydrogen-bond donors (Lipinski definition) is 0. The van der Waals surface area contributed by atoms with Crippen LogP contribution < -0.4 is 4.90 Å². The normalized spacial score (nSPS) is 12.7. The van der Waals surface area contributed by atoms with E-state index in [0.717, 1.165) is 0 Å². The summed E-state index contributed by atoms with van der Waals surface area (Å²) < 4.78 is 31.6. The van der Waals surface area contributed by atoms with Crippen LogP contribution in [0.2, 0.25) is 0 Å². The lowest BCUT2D eigenvalue weighted by atomic mass is 10.2. The maximum absolute atomic E-state index is 12.5. The summed E-state index contributed by atoms with van der Waals surface area (Å²) >= 11 is 0. The Labute approximate surface area is 184 Å². The molecule has 0 aliphatic carbocycles. The highest BCUT2D eigenvalue weighted by atomic mass is 32.2. The zero-order chi connectivity index (χ0) is 23.0. The molecule has 0 fully saturated rings. The van der Waals surface area contributed by atoms with Crippen LogP contribution in [0.4, 0.5) is 5.69 Å². The van der Waals surface area contributed by atoms with Gasteiger partial charge in [-0.05, 0) is 42.8 Å². The molecule has 0 saturated heterocycles. The summed E-state index contributed by atoms with van der Waals surface area (Å²) in [5.74, 6) is -1.01. The van der Waals surface area contributed by atoms with E-state index < -0.39 is 22.1 Å². The molecule has 8 heteroatoms. The van der Waals surface area contributed by atoms with Gasteiger partial charge in [0.25, 0.3) is 5.91 Å². The van der Waals surface area contributed by atoms with E-state index in [0.29, 0.717) is 24.3 Å². The number of sulfonamides is 1. The number of amides is 1. The Morgan fingerprint density at radius 1 is 1.00 bits per heavy atom. The second-order valence-corrected chi connectivity index (χ2v) is 8.74. The topological polar surface area (TPSA) is 84.0 Å². The van der Waals surface area contributed by atoms with Crippen molar-refractivity contribution in [3.8, 4) is 0 Å². The first-order chi connectivity index (χ1) is 14.7. The number of nitrogens with zero attached hydrogens (tertiary/aromatic N) is 2. The Kier molecular flexibility index (Phi) is 8.53. The standard InChI is InChI=1S/C23H28N2O5S/c1-5-25(6-2)31(28,29)21-15-12-19(13-16-21)14-17-22(26)30-18(3)23(27)24(4)20-10-8-7-9-11-20/h7-18H,5-6H2,1-4H3/b17-14+. The monoisotopic (exact) mass is 444 g/mol. The molecule has 0 saturated carbocycles. The third-order valence-corrected chi connectivity index (χ3v) is 6.81. The molecule has 2 aromatic carbocycles. The molecule has 0 aliphatic rings. The quantitative estimate of drug-likeness (QED) is 0.438. The molecule has 0 bridgehead atoms. The lowest BCUT2D eigenvalue weighted by molar-refractivity contribution is -0.148. The van der Waals surface area contributed by atoms with Gasteiger partial charge >= 0.3 is 5.97 Å². The molecule has 0 N–H and O–H groups in total. The molecule has 0 aromatic heterocycles. The molecule has 166 valence electrons. The van der Waals surface area contributed by atoms with Crippen molar-refractivity contribution in [3.05, 3.63) is 66.2 Å². The molecular weight excluding hydrogens is 416 g/mol. The van der Waals surface area contributed by atoms with Crippen LogP contribution in [0.15, 0.2) is 65.6 Å². The molecule has 0 heterocycles. The van der Waals surface area contributed by atoms with Crippen molar-refractivity contribution in [3.63, 3.8) is 0 Å². The summed E-state index contributed by atoms with van der Waals surface area (Å²) in [5, 5.41) is 0. The third-order valence-electron chi connectivity index (χ3n) is 4.75. The van der Waals surface area contributed by atoms with Gasteiger partial charge in [0.2, 0.25) is 10.0 Å². The van der Waals surface area contributed by atoms with Gasteiger partial charge in [-0.2, -0.15) is 4.31 Å². The second kappa shape index (κ2) is 10.9. The van der Waals surface area contributed by atoms with Gasteiger partial charge < -0.3 is 9.64 Å². The van der Waals surface area contributed by atoms with Gasteiger partial charge in [0.15, 0.2) is 6.10 Å². The zero-order valence-corrected chi connectivity index (χ0v) is 19.0. The molecule has 2 aromatic rings. The summed E-state index contributed by atoms with van der Waals surface area (Å²) in [4.78, 5) is 26.2. The highest BCUT2D eigenvalue weighted by molar-refractivity contribution is 7.89. The molecule has 0 radical (unpaired) electrons. The Morgan fingerprint density at radius 3 is 2.13 bits per heavy atom. The van der Waals surface area contributed by atoms with Gasteiger partial charge in [-0.3, -0.25) is 4.79 Å². The number of likely N-dealkylation sites (N-methyl/N-ethyl adjacent to an activating group) is 1. The van der Waals surface area contributed by atoms with E-state index in [1.165, 1.54) is 40.4 Å². The number of anilines is 1. The van der Waals surface area contributed by atoms with Crippen LogP contribution in [0.25, 0.3) is 6.08 Å². The van der Waals surface area contributed by atoms with Crippen LogP contribution in [-0.4, -0.2) is 50.8 Å². The fraction of sp³-hybridized carbons (Fsp3) is 0.304. The lowest BCUT2D eigenvalue weighted by Crippen LogP contribution is -2.37. The number of para-hydroxylation sites is 1. The molecule has 31 heavy (non-hydrogen) atoms. The zero-order valence-electron chi connectivity index (χ0n) is 18.2. The van der Waals surface area contributed by atoms with E-state index >= 15 is 0 Å². The number of ether oxygens (including phenoxy) is 1. The van der Waals surface area contributed by atoms with E-state index in [1.807, 2.05) is 18.2 Å². The molecule has 0 spiro atoms. The van der Waals surface area contributed by atoms with Crippen molar-refractivity contribution >= 4 is 33.7 Å². The number of esters is 1. The predicted octanol–water partition coefficient (Wildman–Crippen LogP) is 3.33. The van der Waals surface area contributed by atoms with Crippen LogP contribution in [0.1, 0.15) is 26.3 Å². The molecule has 2 rings (SSSR count). The Morgan fingerprint density at radius 2 is 1.58 bits per heavy atom. The minimum atomic E-state index is -3.53. The van der Waals surface area contributed by atoms with E-state index in [2.05, 4.69) is 0 Å². The van der Waals surface area contributed by atoms with Gasteiger partial charge in [0, 0.05) is 31.9 Å². The molecular formula is C23H28N2O5S. The number of carbonyl (C=O) groups is 2. The SMILES string of the molecule is CCN(CC)S(=O)(=O)c1ccc(/C=C/C(=O)OC(C)C(=O)N(C)c2ccccc2)cc1. The largest absolute Gasteiger partial charge is 0.449 e. The third kappa shape index (κ3) is 6.26. The lowest BCUT2D eigenvalue weighted by Gasteiger charge is -2.21. The van der Waals surface area contributed by atoms with Crippen LogP contribution in [0.5, 0.6) is 0 Å². The van der Waals surface area contributed by atoms with Crippen molar-refractivity contribution in [1.82, 2.24) is 4.31 Å². The summed E-state index contributed by atoms with van der Waals surface area (Å²) in [7, 11) is -1.91. The van der Waals surface area contributed by atoms with E-state index in [-0.39, 0.29) is 10.8 Å². The van der Waals surface area contributed by atoms with Crippen LogP contribution >= 0.6 is 0 Å². The fourth-order valence-electron chi connectivity index (χ4n) is 2.94. The number of rotatable bonds is 9. The summed E-state index contributed by atoms with van der Waals surface area (Å²) in [6, 6.07) is 15.3. The first-order valence-corrected chi connectivity index (χ1v) is 11.5. The van der Waals surface area contributed by atoms with Crippen LogP contribution in [-0.2, 0) is 24.3 Å². The highest BCUT2D eigenvalue weighted by Crippen LogP contribution is 2.17. The molecule has 7 nitrogen and oxygen atoms in total. The summed E-state index contributed by atoms with van der Waals surface area (Å²) in [6.45, 7) is 5.87. The number of benzene rings is 2. The average Bonchev–Trinajstić information content (AvgIpc) is 2.78. The predicted molar refractivity (Wildman–Crippen MR) is 121 cm³/mol. The Hall–Kier alpha value is -2.97. The second-order valence-electron chi connectivity index (χ2n) is 6.80. The maximum Gasteiger partial charge on any atom is 0.331 e. The molecule has 1 amide bonds. The highest BCUT2D eigenvalue weighted by Gasteiger charge is 2.22. The minimum absolute atomic E-state index is 0.194. The van der Waals surface area contributed by atoms with Crippen molar-refractivity contribution in [2.45, 2.75) is 31.8 Å². The molecule has 1 atom stereocenters. The smallest absolute Gasteiger partial charge is 0.331 e. The van der Waals surface area contributed by atoms with Crippen molar-refractivity contribution in [2.24, 2.45) is 0 Å². The minimum Gasteiger partial charge on any atom is -0.449 e. The van der Waals surface area contributed by atoms with Gasteiger partial charge in [0.1, 0.15) is 0 Å². The van der Waals surface area contributed by atoms with E-state index in [4.69, 9.17) is 4.74 Å². The molecule has 1 unspecified atom stereocenters. The average molecular weight is 445 g/mol.